The van der Waals surface area contributed by atoms with E-state index in [0.717, 1.165) is 39.8 Å². The van der Waals surface area contributed by atoms with Crippen LogP contribution in [-0.4, -0.2) is 48.0 Å². The molecule has 7 heteroatoms. The molecular weight excluding hydrogens is 348 g/mol. The van der Waals surface area contributed by atoms with E-state index >= 15 is 0 Å². The second kappa shape index (κ2) is 8.25. The van der Waals surface area contributed by atoms with Crippen molar-refractivity contribution in [2.45, 2.75) is 10.9 Å². The van der Waals surface area contributed by atoms with Gasteiger partial charge in [-0.3, -0.25) is 4.79 Å². The highest BCUT2D eigenvalue weighted by Crippen LogP contribution is 2.25. The Labute approximate surface area is 156 Å². The maximum atomic E-state index is 11.1. The number of hydrogen-bond acceptors (Lipinski definition) is 5. The van der Waals surface area contributed by atoms with Gasteiger partial charge in [-0.25, -0.2) is 4.98 Å². The first-order valence-electron chi connectivity index (χ1n) is 8.30. The third-order valence-corrected chi connectivity index (χ3v) is 4.80. The number of nitrogens with one attached hydrogen (secondary N) is 1. The Kier molecular flexibility index (Phi) is 5.80. The van der Waals surface area contributed by atoms with Gasteiger partial charge in [0.15, 0.2) is 5.16 Å². The van der Waals surface area contributed by atoms with Crippen molar-refractivity contribution in [3.8, 4) is 5.75 Å². The minimum Gasteiger partial charge on any atom is -0.492 e. The summed E-state index contributed by atoms with van der Waals surface area (Å²) in [6.45, 7) is 1.52. The van der Waals surface area contributed by atoms with Gasteiger partial charge in [0.2, 0.25) is 5.91 Å². The molecule has 3 aromatic rings. The van der Waals surface area contributed by atoms with Crippen LogP contribution in [0.4, 0.5) is 0 Å². The molecule has 3 N–H and O–H groups in total. The Morgan fingerprint density at radius 1 is 1.23 bits per heavy atom. The lowest BCUT2D eigenvalue weighted by atomic mass is 10.1. The Morgan fingerprint density at radius 2 is 2.00 bits per heavy atom. The number of ether oxygens (including phenoxy) is 1. The van der Waals surface area contributed by atoms with E-state index in [0.29, 0.717) is 12.2 Å². The summed E-state index contributed by atoms with van der Waals surface area (Å²) in [7, 11) is 4.04. The van der Waals surface area contributed by atoms with Gasteiger partial charge in [0.1, 0.15) is 12.4 Å². The number of aromatic nitrogens is 2. The minimum absolute atomic E-state index is 0.412. The van der Waals surface area contributed by atoms with E-state index in [1.165, 1.54) is 0 Å². The smallest absolute Gasteiger partial charge is 0.248 e. The van der Waals surface area contributed by atoms with E-state index in [1.54, 1.807) is 23.9 Å². The molecule has 0 aliphatic heterocycles. The lowest BCUT2D eigenvalue weighted by Crippen LogP contribution is -2.19. The molecule has 0 fully saturated rings. The number of carbonyl (C=O) groups is 1. The monoisotopic (exact) mass is 370 g/mol. The molecule has 0 aliphatic carbocycles. The molecule has 0 atom stereocenters. The molecule has 0 unspecified atom stereocenters. The van der Waals surface area contributed by atoms with Gasteiger partial charge >= 0.3 is 0 Å². The zero-order chi connectivity index (χ0) is 18.5. The Hall–Kier alpha value is -2.51. The number of rotatable bonds is 8. The molecular formula is C19H22N4O2S. The molecule has 1 amide bonds. The van der Waals surface area contributed by atoms with Crippen molar-refractivity contribution in [2.24, 2.45) is 5.73 Å². The number of hydrogen-bond donors (Lipinski definition) is 2. The standard InChI is InChI=1S/C19H22N4O2S/c1-23(2)9-10-25-15-7-8-16-17(11-15)22-19(21-16)26-12-13-3-5-14(6-4-13)18(20)24/h3-8,11H,9-10,12H2,1-2H3,(H2,20,24)(H,21,22). The number of aromatic amines is 1. The van der Waals surface area contributed by atoms with E-state index in [4.69, 9.17) is 10.5 Å². The number of nitrogens with zero attached hydrogens (tertiary/aromatic N) is 2. The van der Waals surface area contributed by atoms with E-state index in [-0.39, 0.29) is 0 Å². The van der Waals surface area contributed by atoms with Gasteiger partial charge in [0, 0.05) is 23.9 Å². The minimum atomic E-state index is -0.412. The molecule has 1 aromatic heterocycles. The fourth-order valence-electron chi connectivity index (χ4n) is 2.39. The number of H-pyrrole nitrogens is 1. The quantitative estimate of drug-likeness (QED) is 0.596. The lowest BCUT2D eigenvalue weighted by molar-refractivity contribution is 0.100. The molecule has 1 heterocycles. The highest BCUT2D eigenvalue weighted by Gasteiger charge is 2.06. The van der Waals surface area contributed by atoms with Crippen LogP contribution in [0.2, 0.25) is 0 Å². The molecule has 0 radical (unpaired) electrons. The fraction of sp³-hybridized carbons (Fsp3) is 0.263. The Morgan fingerprint density at radius 3 is 2.69 bits per heavy atom. The summed E-state index contributed by atoms with van der Waals surface area (Å²) < 4.78 is 5.76. The third-order valence-electron chi connectivity index (χ3n) is 3.85. The Bertz CT molecular complexity index is 890. The predicted molar refractivity (Wildman–Crippen MR) is 105 cm³/mol. The second-order valence-corrected chi connectivity index (χ2v) is 7.19. The van der Waals surface area contributed by atoms with E-state index in [9.17, 15) is 4.79 Å². The molecule has 0 saturated heterocycles. The first kappa shape index (κ1) is 18.3. The van der Waals surface area contributed by atoms with Gasteiger partial charge in [-0.15, -0.1) is 0 Å². The predicted octanol–water partition coefficient (Wildman–Crippen LogP) is 2.89. The largest absolute Gasteiger partial charge is 0.492 e. The average molecular weight is 370 g/mol. The average Bonchev–Trinajstić information content (AvgIpc) is 3.02. The summed E-state index contributed by atoms with van der Waals surface area (Å²) in [5, 5.41) is 0.851. The molecule has 0 saturated carbocycles. The van der Waals surface area contributed by atoms with Gasteiger partial charge in [0.25, 0.3) is 0 Å². The number of carbonyl (C=O) groups excluding carboxylic acids is 1. The van der Waals surface area contributed by atoms with Crippen LogP contribution < -0.4 is 10.5 Å². The van der Waals surface area contributed by atoms with Crippen molar-refractivity contribution in [1.82, 2.24) is 14.9 Å². The molecule has 0 aliphatic rings. The molecule has 0 spiro atoms. The fourth-order valence-corrected chi connectivity index (χ4v) is 3.23. The number of likely N-dealkylation sites (N-methyl/N-ethyl adjacent to an activating group) is 1. The van der Waals surface area contributed by atoms with Crippen LogP contribution in [0.15, 0.2) is 47.6 Å². The third kappa shape index (κ3) is 4.77. The number of nitrogens with two attached hydrogens (primary N) is 1. The van der Waals surface area contributed by atoms with Crippen molar-refractivity contribution in [2.75, 3.05) is 27.2 Å². The molecule has 6 nitrogen and oxygen atoms in total. The first-order valence-corrected chi connectivity index (χ1v) is 9.28. The van der Waals surface area contributed by atoms with Crippen molar-refractivity contribution >= 4 is 28.7 Å². The van der Waals surface area contributed by atoms with E-state index in [2.05, 4.69) is 14.9 Å². The van der Waals surface area contributed by atoms with E-state index < -0.39 is 5.91 Å². The normalized spacial score (nSPS) is 11.2. The topological polar surface area (TPSA) is 84.2 Å². The number of benzene rings is 2. The molecule has 0 bridgehead atoms. The maximum Gasteiger partial charge on any atom is 0.248 e. The van der Waals surface area contributed by atoms with Crippen LogP contribution in [0, 0.1) is 0 Å². The number of amides is 1. The molecule has 2 aromatic carbocycles. The van der Waals surface area contributed by atoms with Crippen LogP contribution >= 0.6 is 11.8 Å². The van der Waals surface area contributed by atoms with Gasteiger partial charge in [0.05, 0.1) is 11.0 Å². The van der Waals surface area contributed by atoms with Crippen molar-refractivity contribution < 1.29 is 9.53 Å². The van der Waals surface area contributed by atoms with Crippen molar-refractivity contribution in [3.05, 3.63) is 53.6 Å². The number of fused-ring (bicyclic) bond motifs is 1. The summed E-state index contributed by atoms with van der Waals surface area (Å²) in [6.07, 6.45) is 0. The highest BCUT2D eigenvalue weighted by atomic mass is 32.2. The van der Waals surface area contributed by atoms with Crippen LogP contribution in [0.25, 0.3) is 11.0 Å². The number of primary amides is 1. The lowest BCUT2D eigenvalue weighted by Gasteiger charge is -2.10. The summed E-state index contributed by atoms with van der Waals surface area (Å²) in [6, 6.07) is 13.2. The summed E-state index contributed by atoms with van der Waals surface area (Å²) in [5.74, 6) is 1.18. The maximum absolute atomic E-state index is 11.1. The Balaban J connectivity index is 1.62. The number of thioether (sulfide) groups is 1. The second-order valence-electron chi connectivity index (χ2n) is 6.22. The van der Waals surface area contributed by atoms with Gasteiger partial charge in [-0.1, -0.05) is 23.9 Å². The van der Waals surface area contributed by atoms with E-state index in [1.807, 2.05) is 44.4 Å². The summed E-state index contributed by atoms with van der Waals surface area (Å²) in [4.78, 5) is 21.1. The zero-order valence-corrected chi connectivity index (χ0v) is 15.7. The summed E-state index contributed by atoms with van der Waals surface area (Å²) >= 11 is 1.61. The SMILES string of the molecule is CN(C)CCOc1ccc2nc(SCc3ccc(C(N)=O)cc3)[nH]c2c1. The van der Waals surface area contributed by atoms with Crippen molar-refractivity contribution in [1.29, 1.82) is 0 Å². The van der Waals surface area contributed by atoms with Gasteiger partial charge in [-0.2, -0.15) is 0 Å². The molecule has 136 valence electrons. The zero-order valence-electron chi connectivity index (χ0n) is 14.9. The van der Waals surface area contributed by atoms with Gasteiger partial charge < -0.3 is 20.4 Å². The first-order chi connectivity index (χ1) is 12.5. The number of imidazole rings is 1. The van der Waals surface area contributed by atoms with Crippen molar-refractivity contribution in [3.63, 3.8) is 0 Å². The van der Waals surface area contributed by atoms with Crippen LogP contribution in [0.1, 0.15) is 15.9 Å². The van der Waals surface area contributed by atoms with Crippen LogP contribution in [0.5, 0.6) is 5.75 Å². The molecule has 3 rings (SSSR count). The van der Waals surface area contributed by atoms with Crippen LogP contribution in [-0.2, 0) is 5.75 Å². The highest BCUT2D eigenvalue weighted by molar-refractivity contribution is 7.98. The van der Waals surface area contributed by atoms with Gasteiger partial charge in [-0.05, 0) is 43.9 Å². The van der Waals surface area contributed by atoms with Crippen LogP contribution in [0.3, 0.4) is 0 Å². The summed E-state index contributed by atoms with van der Waals surface area (Å²) in [5.41, 5.74) is 8.75. The molecule has 26 heavy (non-hydrogen) atoms.